The van der Waals surface area contributed by atoms with Crippen molar-refractivity contribution in [2.24, 2.45) is 7.05 Å². The molecule has 96 valence electrons. The van der Waals surface area contributed by atoms with Crippen LogP contribution in [0.25, 0.3) is 11.3 Å². The molecule has 2 aromatic rings. The van der Waals surface area contributed by atoms with E-state index in [4.69, 9.17) is 5.73 Å². The van der Waals surface area contributed by atoms with E-state index < -0.39 is 0 Å². The van der Waals surface area contributed by atoms with Crippen LogP contribution >= 0.6 is 15.9 Å². The number of nitrogens with zero attached hydrogens (tertiary/aromatic N) is 2. The lowest BCUT2D eigenvalue weighted by molar-refractivity contribution is 0.780. The fourth-order valence-electron chi connectivity index (χ4n) is 2.21. The molecule has 0 fully saturated rings. The molecule has 18 heavy (non-hydrogen) atoms. The lowest BCUT2D eigenvalue weighted by atomic mass is 9.98. The molecule has 0 unspecified atom stereocenters. The van der Waals surface area contributed by atoms with Gasteiger partial charge in [-0.3, -0.25) is 4.68 Å². The van der Waals surface area contributed by atoms with Crippen LogP contribution < -0.4 is 5.73 Å². The molecular formula is C14H18BrN3. The highest BCUT2D eigenvalue weighted by Gasteiger charge is 2.18. The van der Waals surface area contributed by atoms with Gasteiger partial charge in [0, 0.05) is 22.6 Å². The van der Waals surface area contributed by atoms with Crippen LogP contribution in [0.3, 0.4) is 0 Å². The molecule has 1 heterocycles. The Balaban J connectivity index is 2.67. The minimum atomic E-state index is 0.355. The summed E-state index contributed by atoms with van der Waals surface area (Å²) in [6.07, 6.45) is 0. The summed E-state index contributed by atoms with van der Waals surface area (Å²) in [4.78, 5) is 0. The molecule has 0 aliphatic heterocycles. The molecule has 0 saturated carbocycles. The standard InChI is InChI=1S/C14H18BrN3/c1-8(2)12-13(17-18(4)14(12)16)10-5-9(3)6-11(15)7-10/h5-8H,16H2,1-4H3. The Morgan fingerprint density at radius 1 is 1.28 bits per heavy atom. The minimum Gasteiger partial charge on any atom is -0.384 e. The molecule has 0 saturated heterocycles. The van der Waals surface area contributed by atoms with Gasteiger partial charge < -0.3 is 5.73 Å². The van der Waals surface area contributed by atoms with Crippen LogP contribution in [0.5, 0.6) is 0 Å². The average Bonchev–Trinajstić information content (AvgIpc) is 2.54. The zero-order chi connectivity index (χ0) is 13.4. The van der Waals surface area contributed by atoms with Crippen LogP contribution in [0, 0.1) is 6.92 Å². The molecule has 2 rings (SSSR count). The number of rotatable bonds is 2. The van der Waals surface area contributed by atoms with E-state index in [1.54, 1.807) is 4.68 Å². The Labute approximate surface area is 116 Å². The molecule has 0 radical (unpaired) electrons. The first-order valence-corrected chi connectivity index (χ1v) is 6.79. The third-order valence-electron chi connectivity index (χ3n) is 3.02. The number of aromatic nitrogens is 2. The third-order valence-corrected chi connectivity index (χ3v) is 3.48. The van der Waals surface area contributed by atoms with Crippen LogP contribution in [-0.2, 0) is 7.05 Å². The highest BCUT2D eigenvalue weighted by atomic mass is 79.9. The second-order valence-electron chi connectivity index (χ2n) is 4.94. The lowest BCUT2D eigenvalue weighted by Gasteiger charge is -2.08. The van der Waals surface area contributed by atoms with Gasteiger partial charge in [-0.15, -0.1) is 0 Å². The molecule has 0 atom stereocenters. The van der Waals surface area contributed by atoms with E-state index in [-0.39, 0.29) is 0 Å². The van der Waals surface area contributed by atoms with E-state index in [1.165, 1.54) is 5.56 Å². The maximum Gasteiger partial charge on any atom is 0.125 e. The number of anilines is 1. The van der Waals surface area contributed by atoms with Gasteiger partial charge >= 0.3 is 0 Å². The first-order chi connectivity index (χ1) is 8.40. The van der Waals surface area contributed by atoms with E-state index in [2.05, 4.69) is 60.0 Å². The predicted octanol–water partition coefficient (Wildman–Crippen LogP) is 3.86. The zero-order valence-corrected chi connectivity index (χ0v) is 12.7. The smallest absolute Gasteiger partial charge is 0.125 e. The summed E-state index contributed by atoms with van der Waals surface area (Å²) in [6, 6.07) is 6.31. The lowest BCUT2D eigenvalue weighted by Crippen LogP contribution is -2.00. The van der Waals surface area contributed by atoms with Gasteiger partial charge in [0.25, 0.3) is 0 Å². The van der Waals surface area contributed by atoms with E-state index in [1.807, 2.05) is 7.05 Å². The molecule has 3 nitrogen and oxygen atoms in total. The normalized spacial score (nSPS) is 11.2. The Bertz CT molecular complexity index is 565. The maximum atomic E-state index is 6.11. The second-order valence-corrected chi connectivity index (χ2v) is 5.86. The van der Waals surface area contributed by atoms with Gasteiger partial charge in [-0.05, 0) is 36.6 Å². The van der Waals surface area contributed by atoms with Crippen LogP contribution in [0.15, 0.2) is 22.7 Å². The van der Waals surface area contributed by atoms with Crippen molar-refractivity contribution >= 4 is 21.7 Å². The van der Waals surface area contributed by atoms with Gasteiger partial charge in [-0.1, -0.05) is 29.8 Å². The number of halogens is 1. The number of nitrogens with two attached hydrogens (primary N) is 1. The number of benzene rings is 1. The van der Waals surface area contributed by atoms with Crippen molar-refractivity contribution < 1.29 is 0 Å². The van der Waals surface area contributed by atoms with Crippen LogP contribution in [-0.4, -0.2) is 9.78 Å². The summed E-state index contributed by atoms with van der Waals surface area (Å²) in [5.74, 6) is 1.10. The number of hydrogen-bond acceptors (Lipinski definition) is 2. The molecule has 0 aliphatic carbocycles. The van der Waals surface area contributed by atoms with Gasteiger partial charge in [0.1, 0.15) is 5.82 Å². The van der Waals surface area contributed by atoms with Crippen molar-refractivity contribution in [1.82, 2.24) is 9.78 Å². The Morgan fingerprint density at radius 3 is 2.50 bits per heavy atom. The third kappa shape index (κ3) is 2.29. The van der Waals surface area contributed by atoms with Gasteiger partial charge in [-0.25, -0.2) is 0 Å². The van der Waals surface area contributed by atoms with Gasteiger partial charge in [0.05, 0.1) is 5.69 Å². The van der Waals surface area contributed by atoms with Crippen molar-refractivity contribution in [2.45, 2.75) is 26.7 Å². The van der Waals surface area contributed by atoms with Crippen molar-refractivity contribution in [3.05, 3.63) is 33.8 Å². The number of aryl methyl sites for hydroxylation is 2. The van der Waals surface area contributed by atoms with E-state index in [0.717, 1.165) is 27.1 Å². The molecule has 2 N–H and O–H groups in total. The molecule has 4 heteroatoms. The van der Waals surface area contributed by atoms with Gasteiger partial charge in [0.2, 0.25) is 0 Å². The van der Waals surface area contributed by atoms with E-state index >= 15 is 0 Å². The van der Waals surface area contributed by atoms with Crippen LogP contribution in [0.4, 0.5) is 5.82 Å². The highest BCUT2D eigenvalue weighted by molar-refractivity contribution is 9.10. The zero-order valence-electron chi connectivity index (χ0n) is 11.2. The minimum absolute atomic E-state index is 0.355. The molecule has 0 amide bonds. The highest BCUT2D eigenvalue weighted by Crippen LogP contribution is 2.34. The summed E-state index contributed by atoms with van der Waals surface area (Å²) < 4.78 is 2.82. The quantitative estimate of drug-likeness (QED) is 0.915. The number of nitrogen functional groups attached to an aromatic ring is 1. The molecule has 0 bridgehead atoms. The summed E-state index contributed by atoms with van der Waals surface area (Å²) in [5, 5.41) is 4.55. The topological polar surface area (TPSA) is 43.8 Å². The monoisotopic (exact) mass is 307 g/mol. The van der Waals surface area contributed by atoms with Crippen LogP contribution in [0.2, 0.25) is 0 Å². The van der Waals surface area contributed by atoms with Crippen molar-refractivity contribution in [3.8, 4) is 11.3 Å². The van der Waals surface area contributed by atoms with Crippen molar-refractivity contribution in [3.63, 3.8) is 0 Å². The van der Waals surface area contributed by atoms with Gasteiger partial charge in [-0.2, -0.15) is 5.10 Å². The average molecular weight is 308 g/mol. The maximum absolute atomic E-state index is 6.11. The molecule has 1 aromatic heterocycles. The SMILES string of the molecule is Cc1cc(Br)cc(-c2nn(C)c(N)c2C(C)C)c1. The fraction of sp³-hybridized carbons (Fsp3) is 0.357. The second kappa shape index (κ2) is 4.76. The first-order valence-electron chi connectivity index (χ1n) is 6.00. The molecule has 1 aromatic carbocycles. The predicted molar refractivity (Wildman–Crippen MR) is 79.6 cm³/mol. The largest absolute Gasteiger partial charge is 0.384 e. The Kier molecular flexibility index (Phi) is 3.48. The van der Waals surface area contributed by atoms with Gasteiger partial charge in [0.15, 0.2) is 0 Å². The molecule has 0 aliphatic rings. The molecule has 0 spiro atoms. The fourth-order valence-corrected chi connectivity index (χ4v) is 2.82. The number of hydrogen-bond donors (Lipinski definition) is 1. The summed E-state index contributed by atoms with van der Waals surface area (Å²) in [7, 11) is 1.88. The van der Waals surface area contributed by atoms with E-state index in [0.29, 0.717) is 5.92 Å². The van der Waals surface area contributed by atoms with Crippen molar-refractivity contribution in [1.29, 1.82) is 0 Å². The molecular weight excluding hydrogens is 290 g/mol. The Morgan fingerprint density at radius 2 is 1.94 bits per heavy atom. The Hall–Kier alpha value is -1.29. The summed E-state index contributed by atoms with van der Waals surface area (Å²) in [5.41, 5.74) is 10.5. The summed E-state index contributed by atoms with van der Waals surface area (Å²) >= 11 is 3.53. The van der Waals surface area contributed by atoms with Crippen molar-refractivity contribution in [2.75, 3.05) is 5.73 Å². The summed E-state index contributed by atoms with van der Waals surface area (Å²) in [6.45, 7) is 6.36. The van der Waals surface area contributed by atoms with E-state index in [9.17, 15) is 0 Å². The van der Waals surface area contributed by atoms with Crippen LogP contribution in [0.1, 0.15) is 30.9 Å². The first kappa shape index (κ1) is 13.1.